The van der Waals surface area contributed by atoms with Crippen molar-refractivity contribution < 1.29 is 24.3 Å². The van der Waals surface area contributed by atoms with Crippen LogP contribution in [0.2, 0.25) is 0 Å². The van der Waals surface area contributed by atoms with Crippen molar-refractivity contribution in [2.75, 3.05) is 13.1 Å². The molecule has 0 aliphatic carbocycles. The lowest BCUT2D eigenvalue weighted by Gasteiger charge is -2.43. The van der Waals surface area contributed by atoms with Crippen LogP contribution in [-0.2, 0) is 9.59 Å². The maximum absolute atomic E-state index is 14.0. The maximum atomic E-state index is 14.0. The Bertz CT molecular complexity index is 1340. The number of amides is 3. The van der Waals surface area contributed by atoms with Crippen molar-refractivity contribution in [3.63, 3.8) is 0 Å². The van der Waals surface area contributed by atoms with Gasteiger partial charge in [-0.1, -0.05) is 69.5 Å². The minimum Gasteiger partial charge on any atom is -0.481 e. The Labute approximate surface area is 235 Å². The summed E-state index contributed by atoms with van der Waals surface area (Å²) in [4.78, 5) is 55.9. The van der Waals surface area contributed by atoms with Gasteiger partial charge in [-0.25, -0.2) is 0 Å². The molecule has 2 N–H and O–H groups in total. The number of benzene rings is 3. The quantitative estimate of drug-likeness (QED) is 0.413. The first kappa shape index (κ1) is 28.0. The predicted molar refractivity (Wildman–Crippen MR) is 150 cm³/mol. The highest BCUT2D eigenvalue weighted by Gasteiger charge is 2.41. The van der Waals surface area contributed by atoms with Crippen molar-refractivity contribution in [2.45, 2.75) is 38.9 Å². The average Bonchev–Trinajstić information content (AvgIpc) is 2.91. The van der Waals surface area contributed by atoms with Gasteiger partial charge in [0, 0.05) is 28.7 Å². The number of aryl methyl sites for hydroxylation is 2. The molecule has 0 bridgehead atoms. The van der Waals surface area contributed by atoms with E-state index in [9.17, 15) is 24.3 Å². The van der Waals surface area contributed by atoms with Crippen LogP contribution in [0.15, 0.2) is 77.3 Å². The summed E-state index contributed by atoms with van der Waals surface area (Å²) in [7, 11) is 0. The zero-order valence-electron chi connectivity index (χ0n) is 21.8. The number of carboxylic acids is 1. The Hall–Kier alpha value is -3.98. The first-order chi connectivity index (χ1) is 18.6. The second-order valence-corrected chi connectivity index (χ2v) is 10.6. The van der Waals surface area contributed by atoms with Crippen LogP contribution in [0.4, 0.5) is 0 Å². The van der Waals surface area contributed by atoms with Crippen molar-refractivity contribution in [3.05, 3.63) is 105 Å². The topological polar surface area (TPSA) is 107 Å². The van der Waals surface area contributed by atoms with Gasteiger partial charge in [-0.2, -0.15) is 0 Å². The van der Waals surface area contributed by atoms with E-state index in [1.807, 2.05) is 32.0 Å². The van der Waals surface area contributed by atoms with Gasteiger partial charge < -0.3 is 20.2 Å². The van der Waals surface area contributed by atoms with Crippen molar-refractivity contribution in [1.82, 2.24) is 15.1 Å². The van der Waals surface area contributed by atoms with E-state index in [-0.39, 0.29) is 25.4 Å². The number of hydrogen-bond donors (Lipinski definition) is 2. The number of carboxylic acid groups (broad SMARTS) is 1. The molecule has 1 aliphatic rings. The van der Waals surface area contributed by atoms with Gasteiger partial charge in [0.25, 0.3) is 17.7 Å². The second kappa shape index (κ2) is 12.3. The Morgan fingerprint density at radius 1 is 0.872 bits per heavy atom. The summed E-state index contributed by atoms with van der Waals surface area (Å²) in [6, 6.07) is 20.3. The Morgan fingerprint density at radius 2 is 1.44 bits per heavy atom. The molecular weight excluding hydrogens is 562 g/mol. The van der Waals surface area contributed by atoms with Crippen LogP contribution in [0, 0.1) is 13.8 Å². The molecule has 9 heteroatoms. The monoisotopic (exact) mass is 591 g/mol. The highest BCUT2D eigenvalue weighted by Crippen LogP contribution is 2.25. The van der Waals surface area contributed by atoms with E-state index in [0.29, 0.717) is 27.6 Å². The molecule has 1 fully saturated rings. The van der Waals surface area contributed by atoms with Gasteiger partial charge >= 0.3 is 5.97 Å². The summed E-state index contributed by atoms with van der Waals surface area (Å²) in [6.07, 6.45) is -1.13. The summed E-state index contributed by atoms with van der Waals surface area (Å²) in [5.41, 5.74) is 3.21. The zero-order chi connectivity index (χ0) is 28.1. The number of carbonyl (C=O) groups is 4. The second-order valence-electron chi connectivity index (χ2n) is 9.68. The van der Waals surface area contributed by atoms with Crippen molar-refractivity contribution in [3.8, 4) is 0 Å². The molecule has 3 aromatic rings. The van der Waals surface area contributed by atoms with E-state index in [1.165, 1.54) is 9.80 Å². The van der Waals surface area contributed by atoms with E-state index >= 15 is 0 Å². The smallest absolute Gasteiger partial charge is 0.305 e. The van der Waals surface area contributed by atoms with Crippen molar-refractivity contribution in [2.24, 2.45) is 0 Å². The van der Waals surface area contributed by atoms with Gasteiger partial charge in [-0.15, -0.1) is 0 Å². The van der Waals surface area contributed by atoms with Crippen LogP contribution in [-0.4, -0.2) is 57.9 Å². The molecule has 0 spiro atoms. The van der Waals surface area contributed by atoms with Gasteiger partial charge in [0.1, 0.15) is 0 Å². The number of hydrogen-bond acceptors (Lipinski definition) is 4. The average molecular weight is 592 g/mol. The van der Waals surface area contributed by atoms with Crippen LogP contribution in [0.5, 0.6) is 0 Å². The molecule has 0 radical (unpaired) electrons. The largest absolute Gasteiger partial charge is 0.481 e. The van der Waals surface area contributed by atoms with Crippen LogP contribution in [0.1, 0.15) is 56.3 Å². The number of nitrogens with one attached hydrogen (secondary N) is 1. The molecule has 1 aliphatic heterocycles. The number of nitrogens with zero attached hydrogens (tertiary/aromatic N) is 2. The standard InChI is InChI=1S/C30H30BrN3O5/c1-19-7-3-9-21(15-19)25(18-26(35)36)32-27(37)28-33(29(38)22-10-4-8-20(2)16-22)13-6-14-34(28)30(39)23-11-5-12-24(31)17-23/h3-5,7-12,15-17,25,28H,6,13-14,18H2,1-2H3,(H,32,37)(H,35,36). The van der Waals surface area contributed by atoms with Gasteiger partial charge in [0.2, 0.25) is 0 Å². The highest BCUT2D eigenvalue weighted by atomic mass is 79.9. The molecule has 0 aromatic heterocycles. The highest BCUT2D eigenvalue weighted by molar-refractivity contribution is 9.10. The van der Waals surface area contributed by atoms with Gasteiger partial charge in [0.15, 0.2) is 6.17 Å². The summed E-state index contributed by atoms with van der Waals surface area (Å²) >= 11 is 3.39. The molecule has 202 valence electrons. The minimum absolute atomic E-state index is 0.259. The fraction of sp³-hybridized carbons (Fsp3) is 0.267. The summed E-state index contributed by atoms with van der Waals surface area (Å²) in [6.45, 7) is 4.28. The fourth-order valence-corrected chi connectivity index (χ4v) is 5.22. The maximum Gasteiger partial charge on any atom is 0.305 e. The lowest BCUT2D eigenvalue weighted by molar-refractivity contribution is -0.138. The van der Waals surface area contributed by atoms with Crippen molar-refractivity contribution in [1.29, 1.82) is 0 Å². The van der Waals surface area contributed by atoms with E-state index < -0.39 is 30.0 Å². The fourth-order valence-electron chi connectivity index (χ4n) is 4.82. The normalized spacial score (nSPS) is 15.9. The van der Waals surface area contributed by atoms with Crippen LogP contribution < -0.4 is 5.32 Å². The molecule has 2 unspecified atom stereocenters. The molecule has 8 nitrogen and oxygen atoms in total. The van der Waals surface area contributed by atoms with E-state index in [0.717, 1.165) is 11.1 Å². The van der Waals surface area contributed by atoms with E-state index in [1.54, 1.807) is 54.6 Å². The first-order valence-corrected chi connectivity index (χ1v) is 13.5. The van der Waals surface area contributed by atoms with Gasteiger partial charge in [0.05, 0.1) is 12.5 Å². The summed E-state index contributed by atoms with van der Waals surface area (Å²) in [5, 5.41) is 12.4. The lowest BCUT2D eigenvalue weighted by Crippen LogP contribution is -2.63. The number of rotatable bonds is 7. The SMILES string of the molecule is Cc1cccc(C(=O)N2CCCN(C(=O)c3cccc(Br)c3)C2C(=O)NC(CC(=O)O)c2cccc(C)c2)c1. The summed E-state index contributed by atoms with van der Waals surface area (Å²) < 4.78 is 0.708. The Kier molecular flexibility index (Phi) is 8.81. The van der Waals surface area contributed by atoms with E-state index in [4.69, 9.17) is 0 Å². The van der Waals surface area contributed by atoms with Gasteiger partial charge in [-0.3, -0.25) is 19.2 Å². The molecular formula is C30H30BrN3O5. The molecule has 3 aromatic carbocycles. The predicted octanol–water partition coefficient (Wildman–Crippen LogP) is 4.71. The third-order valence-electron chi connectivity index (χ3n) is 6.62. The number of aliphatic carboxylic acids is 1. The molecule has 1 heterocycles. The Balaban J connectivity index is 1.73. The minimum atomic E-state index is -1.26. The zero-order valence-corrected chi connectivity index (χ0v) is 23.3. The van der Waals surface area contributed by atoms with E-state index in [2.05, 4.69) is 21.2 Å². The number of carbonyl (C=O) groups excluding carboxylic acids is 3. The molecule has 0 saturated carbocycles. The third-order valence-corrected chi connectivity index (χ3v) is 7.11. The molecule has 1 saturated heterocycles. The van der Waals surface area contributed by atoms with Crippen molar-refractivity contribution >= 4 is 39.6 Å². The molecule has 2 atom stereocenters. The lowest BCUT2D eigenvalue weighted by atomic mass is 10.0. The van der Waals surface area contributed by atoms with Crippen LogP contribution in [0.25, 0.3) is 0 Å². The molecule has 4 rings (SSSR count). The Morgan fingerprint density at radius 3 is 2.00 bits per heavy atom. The van der Waals surface area contributed by atoms with Crippen LogP contribution >= 0.6 is 15.9 Å². The first-order valence-electron chi connectivity index (χ1n) is 12.7. The van der Waals surface area contributed by atoms with Gasteiger partial charge in [-0.05, 0) is 56.2 Å². The molecule has 3 amide bonds. The third kappa shape index (κ3) is 6.72. The summed E-state index contributed by atoms with van der Waals surface area (Å²) in [5.74, 6) is -2.48. The van der Waals surface area contributed by atoms with Crippen LogP contribution in [0.3, 0.4) is 0 Å². The number of halogens is 1. The molecule has 39 heavy (non-hydrogen) atoms.